The molecule has 0 amide bonds. The van der Waals surface area contributed by atoms with Gasteiger partial charge in [-0.2, -0.15) is 28.4 Å². The molecule has 0 spiro atoms. The van der Waals surface area contributed by atoms with Gasteiger partial charge in [-0.1, -0.05) is 54.0 Å². The Kier molecular flexibility index (Phi) is 15.2. The Hall–Kier alpha value is -3.83. The molecule has 0 radical (unpaired) electrons. The van der Waals surface area contributed by atoms with Crippen molar-refractivity contribution in [3.05, 3.63) is 41.0 Å². The monoisotopic (exact) mass is 698 g/mol. The summed E-state index contributed by atoms with van der Waals surface area (Å²) in [6.45, 7) is 14.1. The molecule has 2 aliphatic rings. The topological polar surface area (TPSA) is 100 Å². The van der Waals surface area contributed by atoms with Gasteiger partial charge in [0.05, 0.1) is 22.9 Å². The largest absolute Gasteiger partial charge is 0.467 e. The molecule has 2 aromatic heterocycles. The van der Waals surface area contributed by atoms with Crippen molar-refractivity contribution in [2.45, 2.75) is 85.6 Å². The Morgan fingerprint density at radius 2 is 1.79 bits per heavy atom. The summed E-state index contributed by atoms with van der Waals surface area (Å²) >= 11 is 0.695. The van der Waals surface area contributed by atoms with Crippen molar-refractivity contribution < 1.29 is 31.1 Å². The van der Waals surface area contributed by atoms with Gasteiger partial charge < -0.3 is 15.8 Å². The van der Waals surface area contributed by atoms with Crippen LogP contribution in [0.3, 0.4) is 0 Å². The Balaban J connectivity index is 0.000000414. The number of fused-ring (bicyclic) bond motifs is 3. The number of anilines is 2. The number of nitrogens with zero attached hydrogens (tertiary/aromatic N) is 4. The van der Waals surface area contributed by atoms with Gasteiger partial charge >= 0.3 is 12.2 Å². The number of nitrogens with one attached hydrogen (secondary N) is 1. The van der Waals surface area contributed by atoms with E-state index in [1.54, 1.807) is 6.07 Å². The van der Waals surface area contributed by atoms with Gasteiger partial charge in [0.1, 0.15) is 34.4 Å². The Morgan fingerprint density at radius 3 is 2.33 bits per heavy atom. The smallest absolute Gasteiger partial charge is 0.417 e. The fourth-order valence-electron chi connectivity index (χ4n) is 5.51. The lowest BCUT2D eigenvalue weighted by Gasteiger charge is -2.18. The van der Waals surface area contributed by atoms with E-state index in [9.17, 15) is 27.2 Å². The molecule has 4 heterocycles. The van der Waals surface area contributed by atoms with Crippen LogP contribution in [0.5, 0.6) is 6.01 Å². The van der Waals surface area contributed by atoms with Gasteiger partial charge in [-0.25, -0.2) is 13.2 Å². The fraction of sp³-hybridized carbons (Fsp3) is 0.500. The zero-order chi connectivity index (χ0) is 36.3. The minimum atomic E-state index is -5.00. The van der Waals surface area contributed by atoms with E-state index in [0.717, 1.165) is 25.1 Å². The Bertz CT molecular complexity index is 1690. The van der Waals surface area contributed by atoms with Crippen LogP contribution in [-0.2, 0) is 6.18 Å². The van der Waals surface area contributed by atoms with E-state index in [4.69, 9.17) is 10.5 Å². The molecule has 264 valence electrons. The number of halogens is 6. The lowest BCUT2D eigenvalue weighted by atomic mass is 9.92. The van der Waals surface area contributed by atoms with Crippen LogP contribution < -0.4 is 15.8 Å². The molecule has 7 nitrogen and oxygen atoms in total. The molecule has 0 aliphatic carbocycles. The van der Waals surface area contributed by atoms with Crippen molar-refractivity contribution in [1.82, 2.24) is 14.9 Å². The first-order chi connectivity index (χ1) is 22.9. The fourth-order valence-corrected chi connectivity index (χ4v) is 6.46. The molecule has 14 heteroatoms. The third-order valence-corrected chi connectivity index (χ3v) is 8.32. The van der Waals surface area contributed by atoms with E-state index in [0.29, 0.717) is 30.0 Å². The molecular formula is C34H44F6N6OS. The molecule has 4 aromatic rings. The summed E-state index contributed by atoms with van der Waals surface area (Å²) in [5.74, 6) is -2.20. The summed E-state index contributed by atoms with van der Waals surface area (Å²) in [5.41, 5.74) is 2.55. The van der Waals surface area contributed by atoms with Crippen molar-refractivity contribution in [3.63, 3.8) is 0 Å². The van der Waals surface area contributed by atoms with Gasteiger partial charge in [-0.05, 0) is 43.5 Å². The number of nitriles is 1. The number of benzene rings is 2. The summed E-state index contributed by atoms with van der Waals surface area (Å²) in [4.78, 5) is 10.1. The predicted molar refractivity (Wildman–Crippen MR) is 183 cm³/mol. The Labute approximate surface area is 282 Å². The summed E-state index contributed by atoms with van der Waals surface area (Å²) in [5, 5.41) is 11.5. The standard InChI is InChI=1S/C20H12F5N5OS.C7H12FN.C3H8.2C2H6/c1-28-18-8-5-10(20(23,24)25)13(14(22)15(8)29-19(30-18)31-2)7-3-4-11(21)16-12(7)9(6-26)17(27)32-16;8-6-4-7-2-1-3-9(7)5-6;1-3-2;2*1-2/h3-5H,27H2,1-2H3,(H,28,29,30);6-7H,1-5H2;3H2,1-2H3;2*1-2H3. The number of nitrogens with two attached hydrogens (primary N) is 1. The van der Waals surface area contributed by atoms with E-state index in [2.05, 4.69) is 34.0 Å². The number of rotatable bonds is 3. The maximum atomic E-state index is 15.8. The number of hydrogen-bond acceptors (Lipinski definition) is 8. The van der Waals surface area contributed by atoms with Gasteiger partial charge in [0.15, 0.2) is 5.82 Å². The minimum absolute atomic E-state index is 0.0791. The molecule has 0 bridgehead atoms. The maximum Gasteiger partial charge on any atom is 0.417 e. The average molecular weight is 699 g/mol. The second-order valence-electron chi connectivity index (χ2n) is 10.4. The quantitative estimate of drug-likeness (QED) is 0.206. The highest BCUT2D eigenvalue weighted by Crippen LogP contribution is 2.47. The number of ether oxygens (including phenoxy) is 1. The SMILES string of the molecule is CC.CC.CCC.CNc1nc(OC)nc2c(F)c(-c3ccc(F)c4sc(N)c(C#N)c34)c(C(F)(F)F)cc12.FC1CC2CCCN2C1. The lowest BCUT2D eigenvalue weighted by Crippen LogP contribution is -2.22. The van der Waals surface area contributed by atoms with Crippen LogP contribution in [0.2, 0.25) is 0 Å². The lowest BCUT2D eigenvalue weighted by molar-refractivity contribution is -0.137. The van der Waals surface area contributed by atoms with Gasteiger partial charge in [-0.3, -0.25) is 4.90 Å². The van der Waals surface area contributed by atoms with Crippen molar-refractivity contribution in [2.24, 2.45) is 0 Å². The van der Waals surface area contributed by atoms with Crippen molar-refractivity contribution in [3.8, 4) is 23.2 Å². The van der Waals surface area contributed by atoms with Crippen LogP contribution in [0.4, 0.5) is 37.2 Å². The first-order valence-electron chi connectivity index (χ1n) is 16.0. The van der Waals surface area contributed by atoms with Crippen molar-refractivity contribution in [1.29, 1.82) is 5.26 Å². The number of nitrogen functional groups attached to an aromatic ring is 1. The third kappa shape index (κ3) is 8.60. The number of thiophene rings is 1. The van der Waals surface area contributed by atoms with E-state index in [1.165, 1.54) is 33.4 Å². The van der Waals surface area contributed by atoms with Crippen LogP contribution in [-0.4, -0.2) is 54.3 Å². The van der Waals surface area contributed by atoms with E-state index in [1.807, 2.05) is 27.7 Å². The molecule has 3 N–H and O–H groups in total. The van der Waals surface area contributed by atoms with E-state index in [-0.39, 0.29) is 43.4 Å². The van der Waals surface area contributed by atoms with Crippen LogP contribution in [0.25, 0.3) is 32.1 Å². The van der Waals surface area contributed by atoms with E-state index >= 15 is 4.39 Å². The van der Waals surface area contributed by atoms with Crippen LogP contribution in [0.15, 0.2) is 18.2 Å². The summed E-state index contributed by atoms with van der Waals surface area (Å²) in [7, 11) is 2.62. The number of hydrogen-bond donors (Lipinski definition) is 2. The first-order valence-corrected chi connectivity index (χ1v) is 16.8. The summed E-state index contributed by atoms with van der Waals surface area (Å²) < 4.78 is 89.8. The van der Waals surface area contributed by atoms with Gasteiger partial charge in [0.2, 0.25) is 0 Å². The van der Waals surface area contributed by atoms with Crippen molar-refractivity contribution >= 4 is 43.1 Å². The zero-order valence-electron chi connectivity index (χ0n) is 28.6. The summed E-state index contributed by atoms with van der Waals surface area (Å²) in [6.07, 6.45) is -0.933. The number of aromatic nitrogens is 2. The molecule has 2 aromatic carbocycles. The normalized spacial score (nSPS) is 16.6. The van der Waals surface area contributed by atoms with Gasteiger partial charge in [-0.15, -0.1) is 11.3 Å². The van der Waals surface area contributed by atoms with Crippen LogP contribution in [0.1, 0.15) is 78.4 Å². The molecule has 2 atom stereocenters. The highest BCUT2D eigenvalue weighted by Gasteiger charge is 2.38. The summed E-state index contributed by atoms with van der Waals surface area (Å²) in [6, 6.07) is 4.70. The van der Waals surface area contributed by atoms with Gasteiger partial charge in [0, 0.05) is 36.0 Å². The molecule has 2 fully saturated rings. The minimum Gasteiger partial charge on any atom is -0.467 e. The highest BCUT2D eigenvalue weighted by molar-refractivity contribution is 7.23. The van der Waals surface area contributed by atoms with E-state index < -0.39 is 40.6 Å². The van der Waals surface area contributed by atoms with Crippen LogP contribution >= 0.6 is 11.3 Å². The molecule has 0 saturated carbocycles. The number of alkyl halides is 4. The predicted octanol–water partition coefficient (Wildman–Crippen LogP) is 9.97. The number of methoxy groups -OCH3 is 1. The van der Waals surface area contributed by atoms with Gasteiger partial charge in [0.25, 0.3) is 0 Å². The molecule has 2 unspecified atom stereocenters. The molecule has 2 saturated heterocycles. The van der Waals surface area contributed by atoms with Crippen LogP contribution in [0, 0.1) is 23.0 Å². The first kappa shape index (κ1) is 40.3. The van der Waals surface area contributed by atoms with Crippen molar-refractivity contribution in [2.75, 3.05) is 38.3 Å². The molecule has 6 rings (SSSR count). The Morgan fingerprint density at radius 1 is 1.15 bits per heavy atom. The molecular weight excluding hydrogens is 654 g/mol. The highest BCUT2D eigenvalue weighted by atomic mass is 32.1. The second kappa shape index (κ2) is 18.1. The second-order valence-corrected chi connectivity index (χ2v) is 11.5. The zero-order valence-corrected chi connectivity index (χ0v) is 29.4. The molecule has 48 heavy (non-hydrogen) atoms. The third-order valence-electron chi connectivity index (χ3n) is 7.29. The molecule has 2 aliphatic heterocycles. The average Bonchev–Trinajstić information content (AvgIpc) is 3.76. The maximum absolute atomic E-state index is 15.8.